The number of aromatic nitrogens is 1. The number of aliphatic imine (C=N–C) groups is 1. The molecule has 0 saturated heterocycles. The van der Waals surface area contributed by atoms with Gasteiger partial charge in [-0.1, -0.05) is 42.0 Å². The summed E-state index contributed by atoms with van der Waals surface area (Å²) in [5.41, 5.74) is 5.29. The molecule has 5 nitrogen and oxygen atoms in total. The van der Waals surface area contributed by atoms with Crippen molar-refractivity contribution < 1.29 is 9.53 Å². The highest BCUT2D eigenvalue weighted by atomic mass is 16.5. The SMILES string of the molecule is C/C=C1\[C@H]2C=C(C)C[C@]1(N=C/C=C/c1ccccc1C(=O)OCC)c1ccc(=O)[nH]c1C2. The van der Waals surface area contributed by atoms with Crippen LogP contribution in [0.3, 0.4) is 0 Å². The molecule has 5 heteroatoms. The fourth-order valence-electron chi connectivity index (χ4n) is 5.01. The molecule has 0 radical (unpaired) electrons. The van der Waals surface area contributed by atoms with Crippen LogP contribution in [0.15, 0.2) is 75.6 Å². The van der Waals surface area contributed by atoms with E-state index < -0.39 is 5.54 Å². The van der Waals surface area contributed by atoms with E-state index in [1.807, 2.05) is 36.4 Å². The summed E-state index contributed by atoms with van der Waals surface area (Å²) < 4.78 is 5.16. The number of H-pyrrole nitrogens is 1. The Labute approximate surface area is 188 Å². The topological polar surface area (TPSA) is 71.5 Å². The van der Waals surface area contributed by atoms with Crippen LogP contribution in [0, 0.1) is 5.92 Å². The number of hydrogen-bond donors (Lipinski definition) is 1. The van der Waals surface area contributed by atoms with E-state index in [9.17, 15) is 9.59 Å². The van der Waals surface area contributed by atoms with Crippen LogP contribution >= 0.6 is 0 Å². The van der Waals surface area contributed by atoms with Gasteiger partial charge in [-0.05, 0) is 56.5 Å². The molecular weight excluding hydrogens is 400 g/mol. The van der Waals surface area contributed by atoms with Crippen LogP contribution in [-0.4, -0.2) is 23.8 Å². The summed E-state index contributed by atoms with van der Waals surface area (Å²) >= 11 is 0. The smallest absolute Gasteiger partial charge is 0.338 e. The van der Waals surface area contributed by atoms with Crippen LogP contribution in [0.2, 0.25) is 0 Å². The Bertz CT molecular complexity index is 1220. The molecule has 0 saturated carbocycles. The maximum absolute atomic E-state index is 12.2. The molecule has 164 valence electrons. The molecule has 4 rings (SSSR count). The number of carbonyl (C=O) groups is 1. The van der Waals surface area contributed by atoms with E-state index in [0.29, 0.717) is 12.2 Å². The van der Waals surface area contributed by atoms with Crippen molar-refractivity contribution in [2.24, 2.45) is 10.9 Å². The molecule has 2 bridgehead atoms. The van der Waals surface area contributed by atoms with Crippen molar-refractivity contribution >= 4 is 18.3 Å². The summed E-state index contributed by atoms with van der Waals surface area (Å²) in [6, 6.07) is 10.9. The monoisotopic (exact) mass is 428 g/mol. The second-order valence-corrected chi connectivity index (χ2v) is 8.26. The molecule has 32 heavy (non-hydrogen) atoms. The van der Waals surface area contributed by atoms with Gasteiger partial charge in [-0.15, -0.1) is 0 Å². The number of carbonyl (C=O) groups excluding carboxylic acids is 1. The Morgan fingerprint density at radius 2 is 2.09 bits per heavy atom. The van der Waals surface area contributed by atoms with E-state index >= 15 is 0 Å². The Morgan fingerprint density at radius 3 is 2.88 bits per heavy atom. The first-order valence-electron chi connectivity index (χ1n) is 11.0. The fourth-order valence-corrected chi connectivity index (χ4v) is 5.01. The number of hydrogen-bond acceptors (Lipinski definition) is 4. The summed E-state index contributed by atoms with van der Waals surface area (Å²) in [5, 5.41) is 0. The third kappa shape index (κ3) is 3.91. The molecule has 0 fully saturated rings. The van der Waals surface area contributed by atoms with Gasteiger partial charge in [0.05, 0.1) is 12.2 Å². The average Bonchev–Trinajstić information content (AvgIpc) is 2.76. The van der Waals surface area contributed by atoms with Crippen LogP contribution in [0.1, 0.15) is 54.4 Å². The van der Waals surface area contributed by atoms with Crippen LogP contribution in [0.4, 0.5) is 0 Å². The highest BCUT2D eigenvalue weighted by Gasteiger charge is 2.46. The molecule has 0 spiro atoms. The molecule has 2 aromatic rings. The van der Waals surface area contributed by atoms with Gasteiger partial charge in [-0.3, -0.25) is 9.79 Å². The van der Waals surface area contributed by atoms with Crippen molar-refractivity contribution in [1.29, 1.82) is 0 Å². The zero-order valence-corrected chi connectivity index (χ0v) is 18.7. The first kappa shape index (κ1) is 21.8. The molecular formula is C27H28N2O3. The molecule has 0 aliphatic heterocycles. The van der Waals surface area contributed by atoms with Crippen molar-refractivity contribution in [2.45, 2.75) is 39.2 Å². The second-order valence-electron chi connectivity index (χ2n) is 8.26. The quantitative estimate of drug-likeness (QED) is 0.414. The van der Waals surface area contributed by atoms with E-state index in [-0.39, 0.29) is 17.4 Å². The summed E-state index contributed by atoms with van der Waals surface area (Å²) in [7, 11) is 0. The number of ether oxygens (including phenoxy) is 1. The standard InChI is InChI=1S/C27H28N2O3/c1-4-22-20-15-18(3)17-27(22,23-12-13-25(30)29-24(23)16-20)28-14-8-10-19-9-6-7-11-21(19)26(31)32-5-2/h4,6-15,20H,5,16-17H2,1-3H3,(H,29,30)/b10-8+,22-4+,28-14?/t20-,27+/m0/s1. The predicted octanol–water partition coefficient (Wildman–Crippen LogP) is 5.00. The molecule has 1 aromatic carbocycles. The van der Waals surface area contributed by atoms with Gasteiger partial charge in [-0.25, -0.2) is 4.79 Å². The van der Waals surface area contributed by atoms with Gasteiger partial charge in [0, 0.05) is 35.9 Å². The van der Waals surface area contributed by atoms with Gasteiger partial charge in [0.25, 0.3) is 0 Å². The maximum Gasteiger partial charge on any atom is 0.338 e. The van der Waals surface area contributed by atoms with Gasteiger partial charge in [0.1, 0.15) is 5.54 Å². The lowest BCUT2D eigenvalue weighted by Gasteiger charge is -2.45. The van der Waals surface area contributed by atoms with Gasteiger partial charge < -0.3 is 9.72 Å². The first-order chi connectivity index (χ1) is 15.5. The summed E-state index contributed by atoms with van der Waals surface area (Å²) in [4.78, 5) is 32.3. The summed E-state index contributed by atoms with van der Waals surface area (Å²) in [5.74, 6) is -0.106. The Morgan fingerprint density at radius 1 is 1.28 bits per heavy atom. The van der Waals surface area contributed by atoms with Crippen molar-refractivity contribution in [2.75, 3.05) is 6.61 Å². The van der Waals surface area contributed by atoms with E-state index in [2.05, 4.69) is 31.0 Å². The summed E-state index contributed by atoms with van der Waals surface area (Å²) in [6.45, 7) is 6.34. The highest BCUT2D eigenvalue weighted by molar-refractivity contribution is 5.94. The molecule has 2 aliphatic carbocycles. The molecule has 1 aromatic heterocycles. The lowest BCUT2D eigenvalue weighted by molar-refractivity contribution is 0.0526. The van der Waals surface area contributed by atoms with Gasteiger partial charge in [0.2, 0.25) is 5.56 Å². The molecule has 1 N–H and O–H groups in total. The summed E-state index contributed by atoms with van der Waals surface area (Å²) in [6.07, 6.45) is 11.6. The van der Waals surface area contributed by atoms with Crippen molar-refractivity contribution in [3.8, 4) is 0 Å². The minimum absolute atomic E-state index is 0.0824. The van der Waals surface area contributed by atoms with E-state index in [1.165, 1.54) is 11.1 Å². The third-order valence-corrected chi connectivity index (χ3v) is 6.19. The molecule has 2 aliphatic rings. The maximum atomic E-state index is 12.2. The van der Waals surface area contributed by atoms with Crippen LogP contribution in [0.25, 0.3) is 6.08 Å². The Balaban J connectivity index is 1.72. The zero-order chi connectivity index (χ0) is 22.7. The number of aromatic amines is 1. The van der Waals surface area contributed by atoms with Crippen LogP contribution in [0.5, 0.6) is 0 Å². The number of nitrogens with zero attached hydrogens (tertiary/aromatic N) is 1. The molecule has 1 heterocycles. The largest absolute Gasteiger partial charge is 0.462 e. The number of esters is 1. The van der Waals surface area contributed by atoms with Crippen LogP contribution < -0.4 is 5.56 Å². The number of benzene rings is 1. The lowest BCUT2D eigenvalue weighted by atomic mass is 9.63. The minimum atomic E-state index is -0.527. The molecule has 2 atom stereocenters. The van der Waals surface area contributed by atoms with Crippen molar-refractivity contribution in [3.63, 3.8) is 0 Å². The Hall–Kier alpha value is -3.47. The van der Waals surface area contributed by atoms with E-state index in [4.69, 9.17) is 9.73 Å². The number of pyridine rings is 1. The average molecular weight is 429 g/mol. The highest BCUT2D eigenvalue weighted by Crippen LogP contribution is 2.51. The number of allylic oxidation sites excluding steroid dienone is 3. The zero-order valence-electron chi connectivity index (χ0n) is 18.7. The Kier molecular flexibility index (Phi) is 6.08. The minimum Gasteiger partial charge on any atom is -0.462 e. The fraction of sp³-hybridized carbons (Fsp3) is 0.296. The van der Waals surface area contributed by atoms with Gasteiger partial charge >= 0.3 is 5.97 Å². The number of nitrogens with one attached hydrogen (secondary N) is 1. The van der Waals surface area contributed by atoms with Crippen molar-refractivity contribution in [1.82, 2.24) is 4.98 Å². The lowest BCUT2D eigenvalue weighted by Crippen LogP contribution is -2.40. The van der Waals surface area contributed by atoms with Gasteiger partial charge in [-0.2, -0.15) is 0 Å². The van der Waals surface area contributed by atoms with E-state index in [0.717, 1.165) is 29.7 Å². The predicted molar refractivity (Wildman–Crippen MR) is 128 cm³/mol. The normalized spacial score (nSPS) is 23.4. The van der Waals surface area contributed by atoms with E-state index in [1.54, 1.807) is 25.3 Å². The second kappa shape index (κ2) is 8.95. The molecule has 0 amide bonds. The number of rotatable bonds is 5. The first-order valence-corrected chi connectivity index (χ1v) is 11.0. The molecule has 0 unspecified atom stereocenters. The number of fused-ring (bicyclic) bond motifs is 4. The van der Waals surface area contributed by atoms with Crippen molar-refractivity contribution in [3.05, 3.63) is 98.5 Å². The third-order valence-electron chi connectivity index (χ3n) is 6.19. The van der Waals surface area contributed by atoms with Gasteiger partial charge in [0.15, 0.2) is 0 Å². The van der Waals surface area contributed by atoms with Crippen LogP contribution in [-0.2, 0) is 16.7 Å².